The number of carbonyl (C=O) groups is 1. The van der Waals surface area contributed by atoms with Gasteiger partial charge in [-0.25, -0.2) is 9.67 Å². The maximum Gasteiger partial charge on any atom is 0.290 e. The third-order valence-electron chi connectivity index (χ3n) is 4.03. The molecule has 1 aromatic heterocycles. The predicted octanol–water partition coefficient (Wildman–Crippen LogP) is 4.45. The molecule has 0 aliphatic heterocycles. The van der Waals surface area contributed by atoms with Crippen molar-refractivity contribution in [2.75, 3.05) is 6.54 Å². The molecule has 0 unspecified atom stereocenters. The van der Waals surface area contributed by atoms with Gasteiger partial charge in [-0.05, 0) is 44.0 Å². The Kier molecular flexibility index (Phi) is 5.52. The standard InChI is InChI=1S/C20H21BrN4O/c1-4-11-22-20(26)18-23-19(15-6-8-16(21)9-7-15)25(24-18)17-10-5-13(2)12-14(17)3/h5-10,12H,4,11H2,1-3H3,(H,22,26). The lowest BCUT2D eigenvalue weighted by molar-refractivity contribution is 0.0943. The smallest absolute Gasteiger partial charge is 0.290 e. The normalized spacial score (nSPS) is 10.8. The summed E-state index contributed by atoms with van der Waals surface area (Å²) >= 11 is 3.45. The highest BCUT2D eigenvalue weighted by Gasteiger charge is 2.19. The van der Waals surface area contributed by atoms with Crippen LogP contribution in [-0.4, -0.2) is 27.2 Å². The zero-order valence-corrected chi connectivity index (χ0v) is 16.7. The van der Waals surface area contributed by atoms with Crippen LogP contribution >= 0.6 is 15.9 Å². The molecule has 0 saturated heterocycles. The minimum Gasteiger partial charge on any atom is -0.349 e. The Labute approximate surface area is 161 Å². The second-order valence-electron chi connectivity index (χ2n) is 6.22. The van der Waals surface area contributed by atoms with Crippen LogP contribution in [0.3, 0.4) is 0 Å². The average Bonchev–Trinajstić information content (AvgIpc) is 3.05. The van der Waals surface area contributed by atoms with Crippen LogP contribution in [0, 0.1) is 13.8 Å². The molecule has 0 radical (unpaired) electrons. The summed E-state index contributed by atoms with van der Waals surface area (Å²) in [5.41, 5.74) is 4.07. The molecule has 5 nitrogen and oxygen atoms in total. The van der Waals surface area contributed by atoms with E-state index in [-0.39, 0.29) is 11.7 Å². The number of amides is 1. The highest BCUT2D eigenvalue weighted by Crippen LogP contribution is 2.25. The Hall–Kier alpha value is -2.47. The zero-order valence-electron chi connectivity index (χ0n) is 15.1. The van der Waals surface area contributed by atoms with Crippen molar-refractivity contribution in [1.29, 1.82) is 0 Å². The maximum absolute atomic E-state index is 12.4. The Bertz CT molecular complexity index is 931. The lowest BCUT2D eigenvalue weighted by Crippen LogP contribution is -2.25. The third kappa shape index (κ3) is 3.85. The third-order valence-corrected chi connectivity index (χ3v) is 4.56. The Morgan fingerprint density at radius 3 is 2.54 bits per heavy atom. The molecule has 0 spiro atoms. The van der Waals surface area contributed by atoms with Gasteiger partial charge in [-0.1, -0.05) is 52.7 Å². The van der Waals surface area contributed by atoms with Crippen LogP contribution in [0.1, 0.15) is 35.1 Å². The fourth-order valence-electron chi connectivity index (χ4n) is 2.72. The Morgan fingerprint density at radius 1 is 1.15 bits per heavy atom. The molecule has 134 valence electrons. The lowest BCUT2D eigenvalue weighted by atomic mass is 10.1. The molecule has 0 aliphatic rings. The fraction of sp³-hybridized carbons (Fsp3) is 0.250. The first-order valence-corrected chi connectivity index (χ1v) is 9.37. The number of aryl methyl sites for hydroxylation is 2. The molecular formula is C20H21BrN4O. The highest BCUT2D eigenvalue weighted by molar-refractivity contribution is 9.10. The summed E-state index contributed by atoms with van der Waals surface area (Å²) < 4.78 is 2.73. The van der Waals surface area contributed by atoms with Crippen molar-refractivity contribution < 1.29 is 4.79 Å². The van der Waals surface area contributed by atoms with Gasteiger partial charge in [-0.2, -0.15) is 0 Å². The number of hydrogen-bond acceptors (Lipinski definition) is 3. The predicted molar refractivity (Wildman–Crippen MR) is 107 cm³/mol. The van der Waals surface area contributed by atoms with Gasteiger partial charge in [0.05, 0.1) is 5.69 Å². The summed E-state index contributed by atoms with van der Waals surface area (Å²) in [6.07, 6.45) is 0.864. The molecule has 1 amide bonds. The second kappa shape index (κ2) is 7.83. The van der Waals surface area contributed by atoms with E-state index in [0.717, 1.165) is 27.7 Å². The number of aromatic nitrogens is 3. The van der Waals surface area contributed by atoms with Crippen LogP contribution in [0.15, 0.2) is 46.9 Å². The van der Waals surface area contributed by atoms with E-state index in [1.807, 2.05) is 50.2 Å². The van der Waals surface area contributed by atoms with Crippen molar-refractivity contribution in [2.24, 2.45) is 0 Å². The van der Waals surface area contributed by atoms with E-state index in [2.05, 4.69) is 44.3 Å². The molecular weight excluding hydrogens is 392 g/mol. The van der Waals surface area contributed by atoms with Gasteiger partial charge in [-0.3, -0.25) is 4.79 Å². The van der Waals surface area contributed by atoms with Crippen molar-refractivity contribution >= 4 is 21.8 Å². The van der Waals surface area contributed by atoms with Crippen LogP contribution in [0.5, 0.6) is 0 Å². The van der Waals surface area contributed by atoms with Crippen LogP contribution in [0.4, 0.5) is 0 Å². The van der Waals surface area contributed by atoms with Crippen LogP contribution < -0.4 is 5.32 Å². The topological polar surface area (TPSA) is 59.8 Å². The van der Waals surface area contributed by atoms with Gasteiger partial charge in [0.25, 0.3) is 5.91 Å². The van der Waals surface area contributed by atoms with Crippen molar-refractivity contribution in [3.05, 3.63) is 63.9 Å². The summed E-state index contributed by atoms with van der Waals surface area (Å²) in [5.74, 6) is 0.566. The van der Waals surface area contributed by atoms with Gasteiger partial charge in [0.15, 0.2) is 5.82 Å². The van der Waals surface area contributed by atoms with E-state index < -0.39 is 0 Å². The number of nitrogens with zero attached hydrogens (tertiary/aromatic N) is 3. The quantitative estimate of drug-likeness (QED) is 0.672. The average molecular weight is 413 g/mol. The van der Waals surface area contributed by atoms with Crippen LogP contribution in [-0.2, 0) is 0 Å². The van der Waals surface area contributed by atoms with E-state index in [4.69, 9.17) is 0 Å². The highest BCUT2D eigenvalue weighted by atomic mass is 79.9. The molecule has 3 aromatic rings. The fourth-order valence-corrected chi connectivity index (χ4v) is 2.99. The molecule has 1 heterocycles. The largest absolute Gasteiger partial charge is 0.349 e. The first-order chi connectivity index (χ1) is 12.5. The van der Waals surface area contributed by atoms with Crippen molar-refractivity contribution in [3.8, 4) is 17.1 Å². The molecule has 6 heteroatoms. The van der Waals surface area contributed by atoms with Gasteiger partial charge in [-0.15, -0.1) is 5.10 Å². The number of halogens is 1. The van der Waals surface area contributed by atoms with E-state index in [9.17, 15) is 4.79 Å². The Balaban J connectivity index is 2.12. The zero-order chi connectivity index (χ0) is 18.7. The summed E-state index contributed by atoms with van der Waals surface area (Å²) in [4.78, 5) is 16.9. The summed E-state index contributed by atoms with van der Waals surface area (Å²) in [7, 11) is 0. The van der Waals surface area contributed by atoms with Crippen molar-refractivity contribution in [1.82, 2.24) is 20.1 Å². The molecule has 0 bridgehead atoms. The first-order valence-electron chi connectivity index (χ1n) is 8.58. The number of benzene rings is 2. The van der Waals surface area contributed by atoms with Crippen molar-refractivity contribution in [3.63, 3.8) is 0 Å². The molecule has 0 fully saturated rings. The van der Waals surface area contributed by atoms with Crippen LogP contribution in [0.2, 0.25) is 0 Å². The maximum atomic E-state index is 12.4. The summed E-state index contributed by atoms with van der Waals surface area (Å²) in [6, 6.07) is 14.0. The lowest BCUT2D eigenvalue weighted by Gasteiger charge is -2.10. The molecule has 26 heavy (non-hydrogen) atoms. The number of carbonyl (C=O) groups excluding carboxylic acids is 1. The van der Waals surface area contributed by atoms with Crippen LogP contribution in [0.25, 0.3) is 17.1 Å². The SMILES string of the molecule is CCCNC(=O)c1nc(-c2ccc(Br)cc2)n(-c2ccc(C)cc2C)n1. The summed E-state index contributed by atoms with van der Waals surface area (Å²) in [5, 5.41) is 7.34. The molecule has 3 rings (SSSR count). The van der Waals surface area contributed by atoms with Gasteiger partial charge in [0, 0.05) is 16.6 Å². The van der Waals surface area contributed by atoms with Gasteiger partial charge in [0.2, 0.25) is 5.82 Å². The minimum absolute atomic E-state index is 0.177. The molecule has 0 atom stereocenters. The van der Waals surface area contributed by atoms with Gasteiger partial charge >= 0.3 is 0 Å². The van der Waals surface area contributed by atoms with E-state index in [1.165, 1.54) is 5.56 Å². The monoisotopic (exact) mass is 412 g/mol. The molecule has 0 saturated carbocycles. The van der Waals surface area contributed by atoms with Gasteiger partial charge in [0.1, 0.15) is 0 Å². The van der Waals surface area contributed by atoms with Gasteiger partial charge < -0.3 is 5.32 Å². The van der Waals surface area contributed by atoms with E-state index >= 15 is 0 Å². The summed E-state index contributed by atoms with van der Waals surface area (Å²) in [6.45, 7) is 6.70. The molecule has 2 aromatic carbocycles. The first kappa shape index (κ1) is 18.3. The number of rotatable bonds is 5. The Morgan fingerprint density at radius 2 is 1.88 bits per heavy atom. The number of hydrogen-bond donors (Lipinski definition) is 1. The van der Waals surface area contributed by atoms with E-state index in [1.54, 1.807) is 4.68 Å². The minimum atomic E-state index is -0.256. The van der Waals surface area contributed by atoms with Crippen molar-refractivity contribution in [2.45, 2.75) is 27.2 Å². The number of nitrogens with one attached hydrogen (secondary N) is 1. The van der Waals surface area contributed by atoms with E-state index in [0.29, 0.717) is 12.4 Å². The second-order valence-corrected chi connectivity index (χ2v) is 7.14. The molecule has 0 aliphatic carbocycles. The molecule has 1 N–H and O–H groups in total.